The third-order valence-corrected chi connectivity index (χ3v) is 4.46. The van der Waals surface area contributed by atoms with Crippen LogP contribution >= 0.6 is 0 Å². The van der Waals surface area contributed by atoms with Gasteiger partial charge in [-0.2, -0.15) is 0 Å². The van der Waals surface area contributed by atoms with Crippen molar-refractivity contribution >= 4 is 12.0 Å². The Kier molecular flexibility index (Phi) is 6.29. The molecule has 1 unspecified atom stereocenters. The number of carbonyl (C=O) groups excluding carboxylic acids is 1. The van der Waals surface area contributed by atoms with Gasteiger partial charge in [-0.15, -0.1) is 0 Å². The predicted molar refractivity (Wildman–Crippen MR) is 108 cm³/mol. The van der Waals surface area contributed by atoms with E-state index in [9.17, 15) is 4.79 Å². The molecule has 1 saturated carbocycles. The number of methoxy groups -OCH3 is 1. The predicted octanol–water partition coefficient (Wildman–Crippen LogP) is 3.86. The van der Waals surface area contributed by atoms with Crippen LogP contribution < -0.4 is 14.8 Å². The summed E-state index contributed by atoms with van der Waals surface area (Å²) >= 11 is 0. The van der Waals surface area contributed by atoms with Crippen molar-refractivity contribution in [3.05, 3.63) is 53.6 Å². The monoisotopic (exact) mass is 381 g/mol. The van der Waals surface area contributed by atoms with Crippen molar-refractivity contribution in [2.24, 2.45) is 5.92 Å². The number of aryl methyl sites for hydroxylation is 1. The Morgan fingerprint density at radius 3 is 2.68 bits per heavy atom. The second-order valence-corrected chi connectivity index (χ2v) is 7.29. The lowest BCUT2D eigenvalue weighted by Gasteiger charge is -2.16. The molecule has 2 aromatic rings. The first-order valence-electron chi connectivity index (χ1n) is 9.59. The number of nitrogens with one attached hydrogen (secondary N) is 1. The van der Waals surface area contributed by atoms with E-state index >= 15 is 0 Å². The van der Waals surface area contributed by atoms with Gasteiger partial charge in [-0.1, -0.05) is 6.07 Å². The van der Waals surface area contributed by atoms with E-state index in [1.54, 1.807) is 19.4 Å². The highest BCUT2D eigenvalue weighted by Gasteiger charge is 2.35. The highest BCUT2D eigenvalue weighted by molar-refractivity contribution is 5.92. The summed E-state index contributed by atoms with van der Waals surface area (Å²) in [6.45, 7) is 5.86. The number of carbonyl (C=O) groups is 1. The van der Waals surface area contributed by atoms with Gasteiger partial charge in [-0.05, 0) is 69.4 Å². The molecule has 1 N–H and O–H groups in total. The number of hydrogen-bond donors (Lipinski definition) is 1. The molecular formula is C22H27N3O3. The van der Waals surface area contributed by atoms with E-state index < -0.39 is 0 Å². The number of ether oxygens (including phenoxy) is 2. The molecule has 0 saturated heterocycles. The smallest absolute Gasteiger partial charge is 0.244 e. The summed E-state index contributed by atoms with van der Waals surface area (Å²) in [6.07, 6.45) is 7.26. The second kappa shape index (κ2) is 8.87. The lowest BCUT2D eigenvalue weighted by molar-refractivity contribution is -0.117. The van der Waals surface area contributed by atoms with Crippen molar-refractivity contribution in [3.8, 4) is 11.5 Å². The van der Waals surface area contributed by atoms with Gasteiger partial charge in [-0.3, -0.25) is 4.79 Å². The van der Waals surface area contributed by atoms with Crippen molar-refractivity contribution in [2.45, 2.75) is 45.8 Å². The van der Waals surface area contributed by atoms with Gasteiger partial charge in [0.1, 0.15) is 0 Å². The van der Waals surface area contributed by atoms with Crippen LogP contribution in [0.15, 0.2) is 36.5 Å². The first-order chi connectivity index (χ1) is 13.5. The van der Waals surface area contributed by atoms with Gasteiger partial charge in [0.05, 0.1) is 19.3 Å². The number of hydrogen-bond acceptors (Lipinski definition) is 5. The molecule has 1 amide bonds. The SMILES string of the molecule is COc1cc(/C=C/C(=O)NC(c2nccc(C)n2)C2CC2)ccc1OC(C)C. The second-order valence-electron chi connectivity index (χ2n) is 7.29. The average molecular weight is 381 g/mol. The van der Waals surface area contributed by atoms with Gasteiger partial charge in [0.25, 0.3) is 0 Å². The van der Waals surface area contributed by atoms with Crippen LogP contribution in [0.25, 0.3) is 6.08 Å². The molecular weight excluding hydrogens is 354 g/mol. The Labute approximate surface area is 166 Å². The number of benzene rings is 1. The van der Waals surface area contributed by atoms with Crippen LogP contribution in [-0.2, 0) is 4.79 Å². The molecule has 1 aliphatic rings. The Morgan fingerprint density at radius 2 is 2.04 bits per heavy atom. The molecule has 1 atom stereocenters. The lowest BCUT2D eigenvalue weighted by atomic mass is 10.1. The molecule has 0 radical (unpaired) electrons. The summed E-state index contributed by atoms with van der Waals surface area (Å²) in [5.41, 5.74) is 1.76. The van der Waals surface area contributed by atoms with Crippen molar-refractivity contribution in [1.29, 1.82) is 0 Å². The minimum atomic E-state index is -0.163. The van der Waals surface area contributed by atoms with E-state index in [2.05, 4.69) is 15.3 Å². The van der Waals surface area contributed by atoms with E-state index in [-0.39, 0.29) is 18.1 Å². The van der Waals surface area contributed by atoms with Gasteiger partial charge in [0.15, 0.2) is 17.3 Å². The Balaban J connectivity index is 1.69. The van der Waals surface area contributed by atoms with Crippen LogP contribution in [0.4, 0.5) is 0 Å². The molecule has 1 heterocycles. The minimum absolute atomic E-state index is 0.0595. The summed E-state index contributed by atoms with van der Waals surface area (Å²) in [7, 11) is 1.60. The van der Waals surface area contributed by atoms with Crippen LogP contribution in [0.5, 0.6) is 11.5 Å². The van der Waals surface area contributed by atoms with Crippen LogP contribution in [0.3, 0.4) is 0 Å². The quantitative estimate of drug-likeness (QED) is 0.703. The fourth-order valence-electron chi connectivity index (χ4n) is 2.95. The molecule has 0 aliphatic heterocycles. The summed E-state index contributed by atoms with van der Waals surface area (Å²) in [5.74, 6) is 2.25. The van der Waals surface area contributed by atoms with E-state index in [1.807, 2.05) is 45.0 Å². The maximum absolute atomic E-state index is 12.5. The molecule has 148 valence electrons. The largest absolute Gasteiger partial charge is 0.493 e. The molecule has 3 rings (SSSR count). The van der Waals surface area contributed by atoms with E-state index in [1.165, 1.54) is 6.08 Å². The van der Waals surface area contributed by atoms with Crippen molar-refractivity contribution < 1.29 is 14.3 Å². The molecule has 6 heteroatoms. The van der Waals surface area contributed by atoms with Crippen molar-refractivity contribution in [3.63, 3.8) is 0 Å². The average Bonchev–Trinajstić information content (AvgIpc) is 3.50. The minimum Gasteiger partial charge on any atom is -0.493 e. The maximum atomic E-state index is 12.5. The number of nitrogens with zero attached hydrogens (tertiary/aromatic N) is 2. The summed E-state index contributed by atoms with van der Waals surface area (Å²) in [6, 6.07) is 7.31. The molecule has 1 aromatic carbocycles. The van der Waals surface area contributed by atoms with E-state index in [0.717, 1.165) is 24.1 Å². The molecule has 0 spiro atoms. The third-order valence-electron chi connectivity index (χ3n) is 4.46. The fraction of sp³-hybridized carbons (Fsp3) is 0.409. The Hall–Kier alpha value is -2.89. The molecule has 1 aromatic heterocycles. The number of rotatable bonds is 8. The maximum Gasteiger partial charge on any atom is 0.244 e. The zero-order valence-corrected chi connectivity index (χ0v) is 16.8. The van der Waals surface area contributed by atoms with Gasteiger partial charge < -0.3 is 14.8 Å². The molecule has 6 nitrogen and oxygen atoms in total. The molecule has 28 heavy (non-hydrogen) atoms. The van der Waals surface area contributed by atoms with Gasteiger partial charge in [0.2, 0.25) is 5.91 Å². The van der Waals surface area contributed by atoms with Gasteiger partial charge >= 0.3 is 0 Å². The third kappa shape index (κ3) is 5.31. The van der Waals surface area contributed by atoms with Crippen LogP contribution in [0.1, 0.15) is 49.8 Å². The van der Waals surface area contributed by atoms with Crippen molar-refractivity contribution in [2.75, 3.05) is 7.11 Å². The summed E-state index contributed by atoms with van der Waals surface area (Å²) in [5, 5.41) is 3.05. The first kappa shape index (κ1) is 19.9. The Morgan fingerprint density at radius 1 is 1.25 bits per heavy atom. The lowest BCUT2D eigenvalue weighted by Crippen LogP contribution is -2.29. The standard InChI is InChI=1S/C22H27N3O3/c1-14(2)28-18-9-5-16(13-19(18)27-4)6-10-20(26)25-21(17-7-8-17)22-23-12-11-15(3)24-22/h5-6,9-14,17,21H,7-8H2,1-4H3,(H,25,26)/b10-6+. The normalized spacial score (nSPS) is 14.9. The van der Waals surface area contributed by atoms with Gasteiger partial charge in [0, 0.05) is 18.0 Å². The molecule has 1 aliphatic carbocycles. The summed E-state index contributed by atoms with van der Waals surface area (Å²) in [4.78, 5) is 21.3. The van der Waals surface area contributed by atoms with E-state index in [4.69, 9.17) is 9.47 Å². The molecule has 0 bridgehead atoms. The van der Waals surface area contributed by atoms with Crippen LogP contribution in [0.2, 0.25) is 0 Å². The highest BCUT2D eigenvalue weighted by Crippen LogP contribution is 2.39. The van der Waals surface area contributed by atoms with Crippen LogP contribution in [0, 0.1) is 12.8 Å². The molecule has 1 fully saturated rings. The number of aromatic nitrogens is 2. The number of amides is 1. The van der Waals surface area contributed by atoms with Crippen molar-refractivity contribution in [1.82, 2.24) is 15.3 Å². The Bertz CT molecular complexity index is 860. The topological polar surface area (TPSA) is 73.3 Å². The fourth-order valence-corrected chi connectivity index (χ4v) is 2.95. The summed E-state index contributed by atoms with van der Waals surface area (Å²) < 4.78 is 11.1. The zero-order valence-electron chi connectivity index (χ0n) is 16.8. The van der Waals surface area contributed by atoms with Gasteiger partial charge in [-0.25, -0.2) is 9.97 Å². The zero-order chi connectivity index (χ0) is 20.1. The van der Waals surface area contributed by atoms with E-state index in [0.29, 0.717) is 23.2 Å². The first-order valence-corrected chi connectivity index (χ1v) is 9.59. The highest BCUT2D eigenvalue weighted by atomic mass is 16.5. The van der Waals surface area contributed by atoms with Crippen LogP contribution in [-0.4, -0.2) is 29.1 Å².